The van der Waals surface area contributed by atoms with Crippen LogP contribution in [0.4, 0.5) is 0 Å². The average molecular weight is 623 g/mol. The van der Waals surface area contributed by atoms with Crippen LogP contribution in [0.25, 0.3) is 76.9 Å². The number of hydrogen-bond acceptors (Lipinski definition) is 6. The molecule has 6 nitrogen and oxygen atoms in total. The highest BCUT2D eigenvalue weighted by atomic mass is 16.3. The van der Waals surface area contributed by atoms with Gasteiger partial charge < -0.3 is 10.2 Å². The van der Waals surface area contributed by atoms with E-state index in [9.17, 15) is 10.2 Å². The third-order valence-corrected chi connectivity index (χ3v) is 8.62. The van der Waals surface area contributed by atoms with Gasteiger partial charge in [-0.3, -0.25) is 9.97 Å². The zero-order chi connectivity index (χ0) is 32.8. The molecule has 0 fully saturated rings. The van der Waals surface area contributed by atoms with Crippen molar-refractivity contribution in [1.29, 1.82) is 0 Å². The molecule has 0 radical (unpaired) electrons. The minimum Gasteiger partial charge on any atom is -0.507 e. The molecule has 2 N–H and O–H groups in total. The second-order valence-corrected chi connectivity index (χ2v) is 12.0. The molecule has 0 spiro atoms. The molecule has 0 amide bonds. The van der Waals surface area contributed by atoms with E-state index in [1.54, 1.807) is 12.4 Å². The maximum atomic E-state index is 11.7. The molecule has 3 heterocycles. The van der Waals surface area contributed by atoms with Crippen LogP contribution in [0.1, 0.15) is 11.1 Å². The zero-order valence-corrected chi connectivity index (χ0v) is 26.4. The number of aromatic hydroxyl groups is 2. The molecule has 48 heavy (non-hydrogen) atoms. The number of hydrogen-bond donors (Lipinski definition) is 2. The number of aryl methyl sites for hydroxylation is 2. The van der Waals surface area contributed by atoms with E-state index in [2.05, 4.69) is 0 Å². The van der Waals surface area contributed by atoms with E-state index in [1.165, 1.54) is 0 Å². The van der Waals surface area contributed by atoms with E-state index < -0.39 is 0 Å². The Kier molecular flexibility index (Phi) is 7.11. The van der Waals surface area contributed by atoms with Crippen molar-refractivity contribution in [3.8, 4) is 34.0 Å². The molecule has 8 rings (SSSR count). The van der Waals surface area contributed by atoms with E-state index in [-0.39, 0.29) is 11.5 Å². The molecule has 0 aliphatic heterocycles. The number of rotatable bonds is 2. The molecule has 0 aliphatic carbocycles. The molecular formula is C42H30N4O2. The van der Waals surface area contributed by atoms with Crippen LogP contribution in [0, 0.1) is 13.8 Å². The van der Waals surface area contributed by atoms with Gasteiger partial charge in [0.25, 0.3) is 0 Å². The van der Waals surface area contributed by atoms with Gasteiger partial charge >= 0.3 is 0 Å². The van der Waals surface area contributed by atoms with Gasteiger partial charge in [-0.2, -0.15) is 0 Å². The van der Waals surface area contributed by atoms with E-state index in [0.29, 0.717) is 55.0 Å². The van der Waals surface area contributed by atoms with Gasteiger partial charge in [-0.1, -0.05) is 84.9 Å². The van der Waals surface area contributed by atoms with Gasteiger partial charge in [0.15, 0.2) is 0 Å². The number of aromatic nitrogens is 4. The first-order valence-corrected chi connectivity index (χ1v) is 15.7. The third kappa shape index (κ3) is 5.19. The average Bonchev–Trinajstić information content (AvgIpc) is 3.12. The van der Waals surface area contributed by atoms with Gasteiger partial charge in [0, 0.05) is 55.8 Å². The van der Waals surface area contributed by atoms with Crippen LogP contribution in [0.5, 0.6) is 11.5 Å². The number of phenols is 2. The molecule has 230 valence electrons. The Morgan fingerprint density at radius 1 is 0.438 bits per heavy atom. The van der Waals surface area contributed by atoms with E-state index in [4.69, 9.17) is 19.9 Å². The Morgan fingerprint density at radius 3 is 1.25 bits per heavy atom. The van der Waals surface area contributed by atoms with Crippen molar-refractivity contribution in [1.82, 2.24) is 19.9 Å². The fourth-order valence-corrected chi connectivity index (χ4v) is 6.27. The fourth-order valence-electron chi connectivity index (χ4n) is 6.27. The zero-order valence-electron chi connectivity index (χ0n) is 26.4. The van der Waals surface area contributed by atoms with Crippen LogP contribution in [-0.2, 0) is 0 Å². The van der Waals surface area contributed by atoms with Gasteiger partial charge in [-0.15, -0.1) is 0 Å². The quantitative estimate of drug-likeness (QED) is 0.186. The van der Waals surface area contributed by atoms with Gasteiger partial charge in [0.1, 0.15) is 11.5 Å². The van der Waals surface area contributed by atoms with Crippen LogP contribution >= 0.6 is 0 Å². The maximum Gasteiger partial charge on any atom is 0.133 e. The van der Waals surface area contributed by atoms with Crippen LogP contribution in [0.15, 0.2) is 134 Å². The molecule has 5 aromatic carbocycles. The lowest BCUT2D eigenvalue weighted by Crippen LogP contribution is -1.90. The largest absolute Gasteiger partial charge is 0.507 e. The molecular weight excluding hydrogens is 592 g/mol. The molecule has 0 atom stereocenters. The second-order valence-electron chi connectivity index (χ2n) is 12.0. The number of nitrogens with zero attached hydrogens (tertiary/aromatic N) is 4. The van der Waals surface area contributed by atoms with Gasteiger partial charge in [-0.05, 0) is 61.4 Å². The summed E-state index contributed by atoms with van der Waals surface area (Å²) in [6.07, 6.45) is 3.37. The highest BCUT2D eigenvalue weighted by molar-refractivity contribution is 6.07. The number of phenolic OH excluding ortho intramolecular Hbond substituents is 2. The Bertz CT molecular complexity index is 2470. The smallest absolute Gasteiger partial charge is 0.133 e. The molecule has 8 aromatic rings. The minimum absolute atomic E-state index is 0.0822. The van der Waals surface area contributed by atoms with Crippen LogP contribution in [0.3, 0.4) is 0 Å². The second kappa shape index (κ2) is 11.8. The fraction of sp³-hybridized carbons (Fsp3) is 0.0476. The highest BCUT2D eigenvalue weighted by Gasteiger charge is 2.12. The van der Waals surface area contributed by atoms with Crippen LogP contribution in [0.2, 0.25) is 0 Å². The summed E-state index contributed by atoms with van der Waals surface area (Å²) in [5.74, 6) is 0.164. The SMILES string of the molecule is Cc1cc2cnc(-c3ccccc3)c(-c3ccccc3)ncc3cc(C)cc(c3O)c3ccc4ccc5ccc(nc5c4n3)c(c1)c2O. The number of benzene rings is 5. The Morgan fingerprint density at radius 2 is 0.833 bits per heavy atom. The molecule has 6 heteroatoms. The van der Waals surface area contributed by atoms with Gasteiger partial charge in [0.05, 0.1) is 33.5 Å². The predicted molar refractivity (Wildman–Crippen MR) is 195 cm³/mol. The monoisotopic (exact) mass is 622 g/mol. The van der Waals surface area contributed by atoms with Crippen molar-refractivity contribution < 1.29 is 10.2 Å². The van der Waals surface area contributed by atoms with Crippen molar-refractivity contribution >= 4 is 54.4 Å². The summed E-state index contributed by atoms with van der Waals surface area (Å²) >= 11 is 0. The van der Waals surface area contributed by atoms with Crippen molar-refractivity contribution in [2.45, 2.75) is 13.8 Å². The Labute approximate surface area is 276 Å². The molecule has 0 unspecified atom stereocenters. The number of pyridine rings is 2. The van der Waals surface area contributed by atoms with E-state index in [0.717, 1.165) is 33.0 Å². The van der Waals surface area contributed by atoms with E-state index in [1.807, 2.05) is 135 Å². The van der Waals surface area contributed by atoms with Crippen molar-refractivity contribution in [3.63, 3.8) is 0 Å². The Balaban J connectivity index is 1.62. The first-order chi connectivity index (χ1) is 23.4. The molecule has 0 aliphatic rings. The highest BCUT2D eigenvalue weighted by Crippen LogP contribution is 2.34. The van der Waals surface area contributed by atoms with Crippen LogP contribution in [-0.4, -0.2) is 30.1 Å². The lowest BCUT2D eigenvalue weighted by molar-refractivity contribution is 0.486. The molecule has 3 aromatic heterocycles. The summed E-state index contributed by atoms with van der Waals surface area (Å²) in [6, 6.07) is 39.3. The van der Waals surface area contributed by atoms with Crippen molar-refractivity contribution in [3.05, 3.63) is 145 Å². The first kappa shape index (κ1) is 29.0. The van der Waals surface area contributed by atoms with Gasteiger partial charge in [-0.25, -0.2) is 9.97 Å². The minimum atomic E-state index is 0.0822. The van der Waals surface area contributed by atoms with Gasteiger partial charge in [0.2, 0.25) is 0 Å². The summed E-state index contributed by atoms with van der Waals surface area (Å²) in [7, 11) is 0. The van der Waals surface area contributed by atoms with Crippen molar-refractivity contribution in [2.75, 3.05) is 0 Å². The summed E-state index contributed by atoms with van der Waals surface area (Å²) in [5, 5.41) is 27.6. The molecule has 8 bridgehead atoms. The lowest BCUT2D eigenvalue weighted by atomic mass is 10.0. The van der Waals surface area contributed by atoms with Crippen LogP contribution < -0.4 is 0 Å². The predicted octanol–water partition coefficient (Wildman–Crippen LogP) is 10.1. The van der Waals surface area contributed by atoms with E-state index >= 15 is 0 Å². The first-order valence-electron chi connectivity index (χ1n) is 15.7. The molecule has 0 saturated heterocycles. The standard InChI is InChI=1S/C42H30N4O2/c1-25-19-31-23-43-37(27-9-5-3-6-10-27)38(28-11-7-4-8-12-28)44-24-32-20-26(2)22-34(42(32)48)36-18-16-30-14-13-29-15-17-35(33(21-25)41(31)47)45-39(29)40(30)46-36/h3-24,47-48H,1-2H3. The maximum absolute atomic E-state index is 11.7. The molecule has 0 saturated carbocycles. The summed E-state index contributed by atoms with van der Waals surface area (Å²) in [5.41, 5.74) is 7.47. The number of fused-ring (bicyclic) bond motifs is 8. The lowest BCUT2D eigenvalue weighted by Gasteiger charge is -2.08. The Hall–Kier alpha value is -6.40. The normalized spacial score (nSPS) is 11.3. The third-order valence-electron chi connectivity index (χ3n) is 8.62. The van der Waals surface area contributed by atoms with Crippen molar-refractivity contribution in [2.24, 2.45) is 0 Å². The summed E-state index contributed by atoms with van der Waals surface area (Å²) < 4.78 is 0. The topological polar surface area (TPSA) is 92.0 Å². The summed E-state index contributed by atoms with van der Waals surface area (Å²) in [4.78, 5) is 20.2. The summed E-state index contributed by atoms with van der Waals surface area (Å²) in [6.45, 7) is 3.98.